The van der Waals surface area contributed by atoms with E-state index in [0.717, 1.165) is 36.8 Å². The highest BCUT2D eigenvalue weighted by molar-refractivity contribution is 5.68. The van der Waals surface area contributed by atoms with E-state index >= 15 is 0 Å². The molecule has 0 radical (unpaired) electrons. The number of unbranched alkanes of at least 4 members (excludes halogenated alkanes) is 30. The summed E-state index contributed by atoms with van der Waals surface area (Å²) in [5.74, 6) is 1.26. The van der Waals surface area contributed by atoms with Crippen LogP contribution in [0.5, 0.6) is 11.5 Å². The van der Waals surface area contributed by atoms with Crippen molar-refractivity contribution in [2.24, 2.45) is 0 Å². The van der Waals surface area contributed by atoms with Gasteiger partial charge in [-0.05, 0) is 48.9 Å². The molecule has 0 N–H and O–H groups in total. The molecule has 2 rings (SSSR count). The fraction of sp³-hybridized carbons (Fsp3) is 0.735. The lowest BCUT2D eigenvalue weighted by Crippen LogP contribution is -2.15. The molecule has 0 unspecified atom stereocenters. The Morgan fingerprint density at radius 3 is 0.846 bits per heavy atom. The van der Waals surface area contributed by atoms with Crippen LogP contribution in [0.3, 0.4) is 0 Å². The van der Waals surface area contributed by atoms with E-state index in [1.54, 1.807) is 0 Å². The summed E-state index contributed by atoms with van der Waals surface area (Å²) in [6.07, 6.45) is 45.0. The summed E-state index contributed by atoms with van der Waals surface area (Å²) in [5, 5.41) is 0. The van der Waals surface area contributed by atoms with E-state index < -0.39 is 6.16 Å². The first-order valence-corrected chi connectivity index (χ1v) is 22.8. The number of aryl methyl sites for hydroxylation is 2. The molecule has 0 heterocycles. The summed E-state index contributed by atoms with van der Waals surface area (Å²) in [7, 11) is 0. The molecule has 2 aromatic rings. The molecule has 0 saturated carbocycles. The molecular weight excluding hydrogens is 637 g/mol. The van der Waals surface area contributed by atoms with Gasteiger partial charge in [-0.3, -0.25) is 0 Å². The average Bonchev–Trinajstić information content (AvgIpc) is 3.15. The van der Waals surface area contributed by atoms with Crippen LogP contribution in [0.4, 0.5) is 4.79 Å². The first-order valence-electron chi connectivity index (χ1n) is 22.8. The highest BCUT2D eigenvalue weighted by atomic mass is 16.7. The fourth-order valence-corrected chi connectivity index (χ4v) is 7.55. The molecule has 2 aromatic carbocycles. The van der Waals surface area contributed by atoms with E-state index in [1.165, 1.54) is 193 Å². The Morgan fingerprint density at radius 1 is 0.346 bits per heavy atom. The van der Waals surface area contributed by atoms with E-state index in [1.807, 2.05) is 36.4 Å². The van der Waals surface area contributed by atoms with Crippen LogP contribution in [0.25, 0.3) is 0 Å². The molecule has 0 aliphatic heterocycles. The summed E-state index contributed by atoms with van der Waals surface area (Å²) < 4.78 is 11.5. The Balaban J connectivity index is 1.51. The third kappa shape index (κ3) is 25.6. The number of benzene rings is 2. The molecular formula is C49H82O3. The van der Waals surface area contributed by atoms with Gasteiger partial charge in [-0.15, -0.1) is 0 Å². The molecule has 52 heavy (non-hydrogen) atoms. The maximum atomic E-state index is 12.9. The Bertz CT molecular complexity index is 994. The largest absolute Gasteiger partial charge is 0.519 e. The first-order chi connectivity index (χ1) is 25.7. The molecule has 0 fully saturated rings. The standard InChI is InChI=1S/C49H82O3/c1-3-5-7-9-11-13-15-17-19-21-23-25-27-29-31-33-39-45-41-35-37-43-47(45)51-49(50)52-48-44-38-36-42-46(48)40-34-32-30-28-26-24-22-20-18-16-14-12-10-8-6-4-2/h35-38,41-44H,3-34,39-40H2,1-2H3. The van der Waals surface area contributed by atoms with Crippen molar-refractivity contribution in [3.05, 3.63) is 59.7 Å². The van der Waals surface area contributed by atoms with Gasteiger partial charge in [-0.2, -0.15) is 0 Å². The molecule has 0 atom stereocenters. The van der Waals surface area contributed by atoms with E-state index in [0.29, 0.717) is 11.5 Å². The first kappa shape index (κ1) is 45.9. The summed E-state index contributed by atoms with van der Waals surface area (Å²) in [6, 6.07) is 15.9. The molecule has 0 aliphatic carbocycles. The quantitative estimate of drug-likeness (QED) is 0.0400. The fourth-order valence-electron chi connectivity index (χ4n) is 7.55. The van der Waals surface area contributed by atoms with Crippen molar-refractivity contribution in [2.75, 3.05) is 0 Å². The van der Waals surface area contributed by atoms with Crippen LogP contribution in [-0.4, -0.2) is 6.16 Å². The second-order valence-corrected chi connectivity index (χ2v) is 15.8. The lowest BCUT2D eigenvalue weighted by Gasteiger charge is -2.12. The smallest absolute Gasteiger partial charge is 0.394 e. The normalized spacial score (nSPS) is 11.3. The van der Waals surface area contributed by atoms with E-state index in [9.17, 15) is 4.79 Å². The van der Waals surface area contributed by atoms with Crippen molar-refractivity contribution in [1.29, 1.82) is 0 Å². The van der Waals surface area contributed by atoms with E-state index in [4.69, 9.17) is 9.47 Å². The van der Waals surface area contributed by atoms with Crippen molar-refractivity contribution < 1.29 is 14.3 Å². The highest BCUT2D eigenvalue weighted by Gasteiger charge is 2.14. The predicted octanol–water partition coefficient (Wildman–Crippen LogP) is 16.9. The highest BCUT2D eigenvalue weighted by Crippen LogP contribution is 2.25. The van der Waals surface area contributed by atoms with E-state index in [-0.39, 0.29) is 0 Å². The number of carbonyl (C=O) groups excluding carboxylic acids is 1. The molecule has 0 saturated heterocycles. The van der Waals surface area contributed by atoms with Gasteiger partial charge in [0.2, 0.25) is 0 Å². The van der Waals surface area contributed by atoms with Gasteiger partial charge in [0.25, 0.3) is 0 Å². The Labute approximate surface area is 322 Å². The van der Waals surface area contributed by atoms with Crippen LogP contribution in [-0.2, 0) is 12.8 Å². The van der Waals surface area contributed by atoms with Crippen molar-refractivity contribution >= 4 is 6.16 Å². The summed E-state index contributed by atoms with van der Waals surface area (Å²) in [6.45, 7) is 4.58. The van der Waals surface area contributed by atoms with Crippen molar-refractivity contribution in [3.63, 3.8) is 0 Å². The van der Waals surface area contributed by atoms with Gasteiger partial charge in [0, 0.05) is 0 Å². The minimum absolute atomic E-state index is 0.628. The molecule has 0 amide bonds. The monoisotopic (exact) mass is 719 g/mol. The second-order valence-electron chi connectivity index (χ2n) is 15.8. The van der Waals surface area contributed by atoms with Gasteiger partial charge in [-0.25, -0.2) is 4.79 Å². The predicted molar refractivity (Wildman–Crippen MR) is 226 cm³/mol. The minimum Gasteiger partial charge on any atom is -0.394 e. The molecule has 0 spiro atoms. The van der Waals surface area contributed by atoms with Gasteiger partial charge in [-0.1, -0.05) is 243 Å². The minimum atomic E-state index is -0.640. The van der Waals surface area contributed by atoms with Crippen molar-refractivity contribution in [2.45, 2.75) is 232 Å². The zero-order valence-corrected chi connectivity index (χ0v) is 34.4. The lowest BCUT2D eigenvalue weighted by molar-refractivity contribution is 0.151. The third-order valence-corrected chi connectivity index (χ3v) is 10.9. The number of carbonyl (C=O) groups is 1. The summed E-state index contributed by atoms with van der Waals surface area (Å²) in [4.78, 5) is 12.9. The summed E-state index contributed by atoms with van der Waals surface area (Å²) >= 11 is 0. The second kappa shape index (κ2) is 34.5. The third-order valence-electron chi connectivity index (χ3n) is 10.9. The van der Waals surface area contributed by atoms with Gasteiger partial charge in [0.05, 0.1) is 0 Å². The maximum absolute atomic E-state index is 12.9. The van der Waals surface area contributed by atoms with Crippen LogP contribution < -0.4 is 9.47 Å². The Hall–Kier alpha value is -2.29. The number of hydrogen-bond donors (Lipinski definition) is 0. The van der Waals surface area contributed by atoms with Crippen molar-refractivity contribution in [3.8, 4) is 11.5 Å². The molecule has 3 nitrogen and oxygen atoms in total. The van der Waals surface area contributed by atoms with Crippen LogP contribution in [0, 0.1) is 0 Å². The van der Waals surface area contributed by atoms with Crippen LogP contribution >= 0.6 is 0 Å². The maximum Gasteiger partial charge on any atom is 0.519 e. The average molecular weight is 719 g/mol. The lowest BCUT2D eigenvalue weighted by atomic mass is 10.0. The van der Waals surface area contributed by atoms with Crippen LogP contribution in [0.2, 0.25) is 0 Å². The topological polar surface area (TPSA) is 35.5 Å². The molecule has 3 heteroatoms. The number of hydrogen-bond acceptors (Lipinski definition) is 3. The van der Waals surface area contributed by atoms with Crippen LogP contribution in [0.1, 0.15) is 230 Å². The summed E-state index contributed by atoms with van der Waals surface area (Å²) in [5.41, 5.74) is 2.18. The zero-order valence-electron chi connectivity index (χ0n) is 34.4. The molecule has 0 bridgehead atoms. The molecule has 0 aromatic heterocycles. The molecule has 296 valence electrons. The van der Waals surface area contributed by atoms with E-state index in [2.05, 4.69) is 26.0 Å². The number of para-hydroxylation sites is 2. The number of ether oxygens (including phenoxy) is 2. The van der Waals surface area contributed by atoms with Gasteiger partial charge in [0.1, 0.15) is 11.5 Å². The zero-order chi connectivity index (χ0) is 37.0. The molecule has 0 aliphatic rings. The SMILES string of the molecule is CCCCCCCCCCCCCCCCCCc1ccccc1OC(=O)Oc1ccccc1CCCCCCCCCCCCCCCCCC. The number of rotatable bonds is 36. The van der Waals surface area contributed by atoms with Gasteiger partial charge >= 0.3 is 6.16 Å². The van der Waals surface area contributed by atoms with Crippen LogP contribution in [0.15, 0.2) is 48.5 Å². The van der Waals surface area contributed by atoms with Gasteiger partial charge in [0.15, 0.2) is 0 Å². The van der Waals surface area contributed by atoms with Crippen molar-refractivity contribution in [1.82, 2.24) is 0 Å². The Kier molecular flexibility index (Phi) is 30.4. The van der Waals surface area contributed by atoms with Gasteiger partial charge < -0.3 is 9.47 Å². The Morgan fingerprint density at radius 2 is 0.577 bits per heavy atom.